The molecule has 0 spiro atoms. The van der Waals surface area contributed by atoms with E-state index in [-0.39, 0.29) is 23.1 Å². The average molecular weight is 354 g/mol. The molecule has 6 nitrogen and oxygen atoms in total. The molecule has 0 atom stereocenters. The van der Waals surface area contributed by atoms with E-state index in [2.05, 4.69) is 10.3 Å². The Labute approximate surface area is 150 Å². The van der Waals surface area contributed by atoms with Crippen LogP contribution in [0.1, 0.15) is 35.0 Å². The quantitative estimate of drug-likeness (QED) is 0.765. The van der Waals surface area contributed by atoms with Crippen molar-refractivity contribution >= 4 is 23.0 Å². The monoisotopic (exact) mass is 354 g/mol. The van der Waals surface area contributed by atoms with Gasteiger partial charge in [-0.15, -0.1) is 0 Å². The second kappa shape index (κ2) is 7.35. The molecular weight excluding hydrogens is 335 g/mol. The van der Waals surface area contributed by atoms with E-state index in [4.69, 9.17) is 0 Å². The number of fused-ring (bicyclic) bond motifs is 1. The van der Waals surface area contributed by atoms with Crippen LogP contribution in [-0.4, -0.2) is 39.2 Å². The predicted molar refractivity (Wildman–Crippen MR) is 96.8 cm³/mol. The second-order valence-electron chi connectivity index (χ2n) is 5.65. The minimum absolute atomic E-state index is 0.0613. The summed E-state index contributed by atoms with van der Waals surface area (Å²) in [6.07, 6.45) is 1.68. The van der Waals surface area contributed by atoms with Gasteiger partial charge in [0.1, 0.15) is 5.82 Å². The van der Waals surface area contributed by atoms with Gasteiger partial charge in [-0.1, -0.05) is 18.2 Å². The Morgan fingerprint density at radius 1 is 1.12 bits per heavy atom. The Balaban J connectivity index is 2.03. The third kappa shape index (κ3) is 3.15. The fraction of sp³-hybridized carbons (Fsp3) is 0.211. The zero-order valence-corrected chi connectivity index (χ0v) is 14.6. The third-order valence-electron chi connectivity index (χ3n) is 4.13. The molecule has 0 aliphatic rings. The van der Waals surface area contributed by atoms with Crippen LogP contribution >= 0.6 is 0 Å². The number of rotatable bonds is 5. The summed E-state index contributed by atoms with van der Waals surface area (Å²) in [5.41, 5.74) is 0.618. The minimum Gasteiger partial charge on any atom is -0.337 e. The van der Waals surface area contributed by atoms with Gasteiger partial charge in [-0.05, 0) is 38.1 Å². The molecule has 2 amide bonds. The van der Waals surface area contributed by atoms with E-state index in [9.17, 15) is 14.0 Å². The van der Waals surface area contributed by atoms with Crippen molar-refractivity contribution in [2.75, 3.05) is 18.4 Å². The van der Waals surface area contributed by atoms with E-state index in [1.54, 1.807) is 39.8 Å². The van der Waals surface area contributed by atoms with Crippen LogP contribution in [0.5, 0.6) is 0 Å². The van der Waals surface area contributed by atoms with Crippen LogP contribution in [0, 0.1) is 5.82 Å². The van der Waals surface area contributed by atoms with E-state index in [1.807, 2.05) is 13.8 Å². The Hall–Kier alpha value is -3.22. The van der Waals surface area contributed by atoms with Crippen LogP contribution in [0.25, 0.3) is 5.52 Å². The van der Waals surface area contributed by atoms with Crippen molar-refractivity contribution in [3.8, 4) is 0 Å². The Kier molecular flexibility index (Phi) is 4.97. The van der Waals surface area contributed by atoms with Crippen LogP contribution in [0.2, 0.25) is 0 Å². The SMILES string of the molecule is CCN(CC)C(=O)c1nc(C(=O)Nc2ccccc2F)c2ccccn12. The summed E-state index contributed by atoms with van der Waals surface area (Å²) >= 11 is 0. The normalized spacial score (nSPS) is 10.7. The number of carbonyl (C=O) groups is 2. The number of nitrogens with one attached hydrogen (secondary N) is 1. The van der Waals surface area contributed by atoms with Crippen LogP contribution in [-0.2, 0) is 0 Å². The molecule has 3 rings (SSSR count). The Morgan fingerprint density at radius 3 is 2.50 bits per heavy atom. The molecule has 1 aromatic carbocycles. The summed E-state index contributed by atoms with van der Waals surface area (Å²) in [5, 5.41) is 2.51. The fourth-order valence-electron chi connectivity index (χ4n) is 2.75. The number of para-hydroxylation sites is 1. The molecule has 7 heteroatoms. The molecule has 0 saturated carbocycles. The first-order valence-corrected chi connectivity index (χ1v) is 8.39. The molecule has 0 saturated heterocycles. The highest BCUT2D eigenvalue weighted by molar-refractivity contribution is 6.09. The number of nitrogens with zero attached hydrogens (tertiary/aromatic N) is 3. The summed E-state index contributed by atoms with van der Waals surface area (Å²) in [6, 6.07) is 11.1. The number of aromatic nitrogens is 2. The largest absolute Gasteiger partial charge is 0.337 e. The van der Waals surface area contributed by atoms with Crippen LogP contribution < -0.4 is 5.32 Å². The number of pyridine rings is 1. The molecule has 0 radical (unpaired) electrons. The molecule has 2 heterocycles. The zero-order chi connectivity index (χ0) is 18.7. The number of amides is 2. The number of halogens is 1. The summed E-state index contributed by atoms with van der Waals surface area (Å²) in [5.74, 6) is -1.22. The van der Waals surface area contributed by atoms with Gasteiger partial charge in [0.05, 0.1) is 11.2 Å². The fourth-order valence-corrected chi connectivity index (χ4v) is 2.75. The molecule has 0 unspecified atom stereocenters. The molecule has 0 fully saturated rings. The van der Waals surface area contributed by atoms with Gasteiger partial charge in [-0.2, -0.15) is 0 Å². The van der Waals surface area contributed by atoms with E-state index >= 15 is 0 Å². The maximum atomic E-state index is 13.8. The highest BCUT2D eigenvalue weighted by Gasteiger charge is 2.24. The van der Waals surface area contributed by atoms with E-state index in [1.165, 1.54) is 18.2 Å². The Morgan fingerprint density at radius 2 is 1.81 bits per heavy atom. The minimum atomic E-state index is -0.572. The van der Waals surface area contributed by atoms with Gasteiger partial charge in [0.15, 0.2) is 5.69 Å². The first-order valence-electron chi connectivity index (χ1n) is 8.39. The standard InChI is InChI=1S/C19H19FN4O2/c1-3-23(4-2)19(26)17-22-16(15-11-7-8-12-24(15)17)18(25)21-14-10-6-5-9-13(14)20/h5-12H,3-4H2,1-2H3,(H,21,25). The number of anilines is 1. The van der Waals surface area contributed by atoms with Crippen molar-refractivity contribution < 1.29 is 14.0 Å². The maximum absolute atomic E-state index is 13.8. The summed E-state index contributed by atoms with van der Waals surface area (Å²) in [4.78, 5) is 31.3. The summed E-state index contributed by atoms with van der Waals surface area (Å²) < 4.78 is 15.4. The zero-order valence-electron chi connectivity index (χ0n) is 14.6. The molecule has 0 aliphatic carbocycles. The van der Waals surface area contributed by atoms with Crippen molar-refractivity contribution in [2.45, 2.75) is 13.8 Å². The lowest BCUT2D eigenvalue weighted by atomic mass is 10.2. The van der Waals surface area contributed by atoms with Gasteiger partial charge in [0.25, 0.3) is 11.8 Å². The van der Waals surface area contributed by atoms with E-state index in [0.29, 0.717) is 18.6 Å². The number of benzene rings is 1. The van der Waals surface area contributed by atoms with Gasteiger partial charge in [0.2, 0.25) is 5.82 Å². The molecule has 0 aliphatic heterocycles. The Bertz CT molecular complexity index is 963. The van der Waals surface area contributed by atoms with E-state index in [0.717, 1.165) is 0 Å². The predicted octanol–water partition coefficient (Wildman–Crippen LogP) is 3.21. The van der Waals surface area contributed by atoms with Crippen molar-refractivity contribution in [1.82, 2.24) is 14.3 Å². The van der Waals surface area contributed by atoms with Crippen LogP contribution in [0.3, 0.4) is 0 Å². The van der Waals surface area contributed by atoms with Crippen LogP contribution in [0.15, 0.2) is 48.7 Å². The topological polar surface area (TPSA) is 66.7 Å². The molecular formula is C19H19FN4O2. The average Bonchev–Trinajstić information content (AvgIpc) is 3.04. The molecule has 0 bridgehead atoms. The number of carbonyl (C=O) groups excluding carboxylic acids is 2. The van der Waals surface area contributed by atoms with Crippen molar-refractivity contribution in [3.63, 3.8) is 0 Å². The third-order valence-corrected chi connectivity index (χ3v) is 4.13. The highest BCUT2D eigenvalue weighted by atomic mass is 19.1. The van der Waals surface area contributed by atoms with Gasteiger partial charge >= 0.3 is 0 Å². The van der Waals surface area contributed by atoms with Gasteiger partial charge in [-0.3, -0.25) is 14.0 Å². The first kappa shape index (κ1) is 17.6. The lowest BCUT2D eigenvalue weighted by Crippen LogP contribution is -2.32. The molecule has 134 valence electrons. The lowest BCUT2D eigenvalue weighted by Gasteiger charge is -2.17. The van der Waals surface area contributed by atoms with Crippen molar-refractivity contribution in [3.05, 3.63) is 66.0 Å². The van der Waals surface area contributed by atoms with Crippen molar-refractivity contribution in [1.29, 1.82) is 0 Å². The lowest BCUT2D eigenvalue weighted by molar-refractivity contribution is 0.0760. The number of imidazole rings is 1. The smallest absolute Gasteiger partial charge is 0.290 e. The van der Waals surface area contributed by atoms with Gasteiger partial charge in [-0.25, -0.2) is 9.37 Å². The summed E-state index contributed by atoms with van der Waals surface area (Å²) in [7, 11) is 0. The number of hydrogen-bond acceptors (Lipinski definition) is 3. The summed E-state index contributed by atoms with van der Waals surface area (Å²) in [6.45, 7) is 4.83. The van der Waals surface area contributed by atoms with Crippen LogP contribution in [0.4, 0.5) is 10.1 Å². The second-order valence-corrected chi connectivity index (χ2v) is 5.65. The molecule has 26 heavy (non-hydrogen) atoms. The van der Waals surface area contributed by atoms with Crippen molar-refractivity contribution in [2.24, 2.45) is 0 Å². The van der Waals surface area contributed by atoms with Gasteiger partial charge in [0, 0.05) is 19.3 Å². The number of hydrogen-bond donors (Lipinski definition) is 1. The van der Waals surface area contributed by atoms with E-state index < -0.39 is 11.7 Å². The maximum Gasteiger partial charge on any atom is 0.290 e. The first-order chi connectivity index (χ1) is 12.6. The highest BCUT2D eigenvalue weighted by Crippen LogP contribution is 2.18. The van der Waals surface area contributed by atoms with Gasteiger partial charge < -0.3 is 10.2 Å². The molecule has 1 N–H and O–H groups in total. The molecule has 3 aromatic rings. The molecule has 2 aromatic heterocycles.